The molecule has 1 aromatic heterocycles. The molecule has 0 unspecified atom stereocenters. The Hall–Kier alpha value is -1.40. The van der Waals surface area contributed by atoms with Gasteiger partial charge in [0.25, 0.3) is 5.91 Å². The van der Waals surface area contributed by atoms with Crippen LogP contribution >= 0.6 is 11.3 Å². The van der Waals surface area contributed by atoms with Crippen LogP contribution in [0.3, 0.4) is 0 Å². The lowest BCUT2D eigenvalue weighted by molar-refractivity contribution is -0.120. The number of carbonyl (C=O) groups is 2. The van der Waals surface area contributed by atoms with Crippen LogP contribution < -0.4 is 16.0 Å². The van der Waals surface area contributed by atoms with Crippen molar-refractivity contribution in [3.63, 3.8) is 0 Å². The summed E-state index contributed by atoms with van der Waals surface area (Å²) in [6, 6.07) is 2.39. The summed E-state index contributed by atoms with van der Waals surface area (Å²) in [6.07, 6.45) is 8.16. The molecular weight excluding hydrogens is 310 g/mol. The summed E-state index contributed by atoms with van der Waals surface area (Å²) < 4.78 is 0. The van der Waals surface area contributed by atoms with Crippen molar-refractivity contribution < 1.29 is 9.59 Å². The van der Waals surface area contributed by atoms with E-state index in [2.05, 4.69) is 16.0 Å². The zero-order valence-electron chi connectivity index (χ0n) is 13.6. The molecule has 0 spiro atoms. The average molecular weight is 337 g/mol. The fraction of sp³-hybridized carbons (Fsp3) is 0.647. The van der Waals surface area contributed by atoms with Crippen molar-refractivity contribution in [3.8, 4) is 0 Å². The Bertz CT molecular complexity index is 468. The molecule has 128 valence electrons. The van der Waals surface area contributed by atoms with E-state index in [0.29, 0.717) is 31.1 Å². The first kappa shape index (κ1) is 17.9. The van der Waals surface area contributed by atoms with Crippen LogP contribution in [-0.4, -0.2) is 37.5 Å². The van der Waals surface area contributed by atoms with Gasteiger partial charge >= 0.3 is 0 Å². The molecule has 0 aliphatic heterocycles. The molecule has 6 heteroatoms. The van der Waals surface area contributed by atoms with Crippen LogP contribution in [0.1, 0.15) is 55.3 Å². The molecule has 1 aliphatic rings. The van der Waals surface area contributed by atoms with Gasteiger partial charge in [-0.15, -0.1) is 0 Å². The summed E-state index contributed by atoms with van der Waals surface area (Å²) in [7, 11) is 0. The van der Waals surface area contributed by atoms with Crippen LogP contribution in [0.15, 0.2) is 16.8 Å². The zero-order valence-corrected chi connectivity index (χ0v) is 14.4. The van der Waals surface area contributed by atoms with Crippen molar-refractivity contribution in [3.05, 3.63) is 22.4 Å². The van der Waals surface area contributed by atoms with Crippen molar-refractivity contribution in [2.24, 2.45) is 0 Å². The molecule has 0 saturated heterocycles. The Morgan fingerprint density at radius 2 is 1.83 bits per heavy atom. The van der Waals surface area contributed by atoms with E-state index in [1.54, 1.807) is 11.4 Å². The number of carbonyl (C=O) groups excluding carboxylic acids is 2. The zero-order chi connectivity index (χ0) is 16.3. The number of hydrogen-bond acceptors (Lipinski definition) is 4. The average Bonchev–Trinajstić information content (AvgIpc) is 2.96. The maximum Gasteiger partial charge on any atom is 0.252 e. The highest BCUT2D eigenvalue weighted by Crippen LogP contribution is 2.16. The Labute approximate surface area is 142 Å². The third-order valence-electron chi connectivity index (χ3n) is 4.16. The normalized spacial score (nSPS) is 15.8. The number of rotatable bonds is 8. The molecule has 0 radical (unpaired) electrons. The maximum atomic E-state index is 11.7. The molecule has 0 aromatic carbocycles. The lowest BCUT2D eigenvalue weighted by atomic mass is 10.1. The highest BCUT2D eigenvalue weighted by Gasteiger charge is 2.11. The molecule has 3 N–H and O–H groups in total. The monoisotopic (exact) mass is 337 g/mol. The van der Waals surface area contributed by atoms with E-state index in [0.717, 1.165) is 6.54 Å². The van der Waals surface area contributed by atoms with E-state index in [1.165, 1.54) is 49.9 Å². The van der Waals surface area contributed by atoms with Gasteiger partial charge in [-0.05, 0) is 24.3 Å². The van der Waals surface area contributed by atoms with Gasteiger partial charge < -0.3 is 16.0 Å². The fourth-order valence-corrected chi connectivity index (χ4v) is 3.47. The number of nitrogens with one attached hydrogen (secondary N) is 3. The van der Waals surface area contributed by atoms with Gasteiger partial charge in [0.2, 0.25) is 5.91 Å². The van der Waals surface area contributed by atoms with Crippen molar-refractivity contribution in [1.29, 1.82) is 0 Å². The Balaban J connectivity index is 1.49. The van der Waals surface area contributed by atoms with Gasteiger partial charge in [0.1, 0.15) is 0 Å². The second-order valence-electron chi connectivity index (χ2n) is 6.01. The molecule has 1 heterocycles. The highest BCUT2D eigenvalue weighted by atomic mass is 32.1. The molecular formula is C17H27N3O2S. The summed E-state index contributed by atoms with van der Waals surface area (Å²) >= 11 is 1.49. The lowest BCUT2D eigenvalue weighted by Crippen LogP contribution is -2.37. The largest absolute Gasteiger partial charge is 0.355 e. The van der Waals surface area contributed by atoms with Crippen LogP contribution in [0.5, 0.6) is 0 Å². The minimum Gasteiger partial charge on any atom is -0.355 e. The molecule has 2 rings (SSSR count). The van der Waals surface area contributed by atoms with Gasteiger partial charge in [-0.3, -0.25) is 9.59 Å². The summed E-state index contributed by atoms with van der Waals surface area (Å²) in [4.78, 5) is 23.4. The van der Waals surface area contributed by atoms with Gasteiger partial charge in [-0.1, -0.05) is 25.7 Å². The lowest BCUT2D eigenvalue weighted by Gasteiger charge is -2.16. The van der Waals surface area contributed by atoms with E-state index in [9.17, 15) is 9.59 Å². The SMILES string of the molecule is O=C(CCNC(=O)c1ccsc1)NCCNC1CCCCCC1. The first-order valence-corrected chi connectivity index (χ1v) is 9.50. The Morgan fingerprint density at radius 1 is 1.04 bits per heavy atom. The summed E-state index contributed by atoms with van der Waals surface area (Å²) in [5, 5.41) is 12.8. The topological polar surface area (TPSA) is 70.2 Å². The van der Waals surface area contributed by atoms with Crippen LogP contribution in [-0.2, 0) is 4.79 Å². The van der Waals surface area contributed by atoms with E-state index in [1.807, 2.05) is 5.38 Å². The molecule has 0 bridgehead atoms. The second-order valence-corrected chi connectivity index (χ2v) is 6.79. The number of amides is 2. The van der Waals surface area contributed by atoms with Gasteiger partial charge in [0.15, 0.2) is 0 Å². The molecule has 1 saturated carbocycles. The Kier molecular flexibility index (Phi) is 8.11. The minimum atomic E-state index is -0.117. The molecule has 1 aromatic rings. The predicted molar refractivity (Wildman–Crippen MR) is 93.8 cm³/mol. The number of thiophene rings is 1. The smallest absolute Gasteiger partial charge is 0.252 e. The quantitative estimate of drug-likeness (QED) is 0.503. The molecule has 23 heavy (non-hydrogen) atoms. The highest BCUT2D eigenvalue weighted by molar-refractivity contribution is 7.08. The van der Waals surface area contributed by atoms with E-state index < -0.39 is 0 Å². The molecule has 5 nitrogen and oxygen atoms in total. The van der Waals surface area contributed by atoms with Crippen molar-refractivity contribution in [2.45, 2.75) is 51.0 Å². The summed E-state index contributed by atoms with van der Waals surface area (Å²) in [6.45, 7) is 1.84. The predicted octanol–water partition coefficient (Wildman–Crippen LogP) is 2.30. The van der Waals surface area contributed by atoms with Crippen molar-refractivity contribution in [1.82, 2.24) is 16.0 Å². The third kappa shape index (κ3) is 7.14. The van der Waals surface area contributed by atoms with E-state index >= 15 is 0 Å². The molecule has 1 aliphatic carbocycles. The van der Waals surface area contributed by atoms with Gasteiger partial charge in [0.05, 0.1) is 0 Å². The van der Waals surface area contributed by atoms with E-state index in [-0.39, 0.29) is 11.8 Å². The van der Waals surface area contributed by atoms with Crippen LogP contribution in [0.2, 0.25) is 0 Å². The first-order chi connectivity index (χ1) is 11.3. The summed E-state index contributed by atoms with van der Waals surface area (Å²) in [5.41, 5.74) is 0.656. The first-order valence-electron chi connectivity index (χ1n) is 8.56. The third-order valence-corrected chi connectivity index (χ3v) is 4.84. The van der Waals surface area contributed by atoms with Crippen molar-refractivity contribution in [2.75, 3.05) is 19.6 Å². The molecule has 2 amide bonds. The Morgan fingerprint density at radius 3 is 2.52 bits per heavy atom. The molecule has 1 fully saturated rings. The number of hydrogen-bond donors (Lipinski definition) is 3. The van der Waals surface area contributed by atoms with Crippen LogP contribution in [0.4, 0.5) is 0 Å². The van der Waals surface area contributed by atoms with Crippen molar-refractivity contribution >= 4 is 23.2 Å². The van der Waals surface area contributed by atoms with Crippen LogP contribution in [0.25, 0.3) is 0 Å². The van der Waals surface area contributed by atoms with Gasteiger partial charge in [0, 0.05) is 43.0 Å². The van der Waals surface area contributed by atoms with Crippen LogP contribution in [0, 0.1) is 0 Å². The molecule has 0 atom stereocenters. The fourth-order valence-electron chi connectivity index (χ4n) is 2.84. The second kappa shape index (κ2) is 10.4. The van der Waals surface area contributed by atoms with E-state index in [4.69, 9.17) is 0 Å². The maximum absolute atomic E-state index is 11.7. The summed E-state index contributed by atoms with van der Waals surface area (Å²) in [5.74, 6) is -0.132. The standard InChI is InChI=1S/C17H27N3O2S/c21-16(7-9-20-17(22)14-8-12-23-13-14)19-11-10-18-15-5-3-1-2-4-6-15/h8,12-13,15,18H,1-7,9-11H2,(H,19,21)(H,20,22). The van der Waals surface area contributed by atoms with Gasteiger partial charge in [-0.25, -0.2) is 0 Å². The van der Waals surface area contributed by atoms with Gasteiger partial charge in [-0.2, -0.15) is 11.3 Å². The minimum absolute atomic E-state index is 0.0155.